The first-order chi connectivity index (χ1) is 11.1. The van der Waals surface area contributed by atoms with Gasteiger partial charge in [-0.2, -0.15) is 0 Å². The second-order valence-electron chi connectivity index (χ2n) is 5.14. The molecule has 0 fully saturated rings. The molecule has 0 bridgehead atoms. The normalized spacial score (nSPS) is 10.9. The second kappa shape index (κ2) is 7.06. The molecule has 0 atom stereocenters. The Morgan fingerprint density at radius 2 is 2.04 bits per heavy atom. The number of ketones is 1. The van der Waals surface area contributed by atoms with E-state index >= 15 is 0 Å². The fraction of sp³-hybridized carbons (Fsp3) is 0.250. The van der Waals surface area contributed by atoms with E-state index in [4.69, 9.17) is 0 Å². The van der Waals surface area contributed by atoms with Crippen LogP contribution in [0.1, 0.15) is 25.7 Å². The lowest BCUT2D eigenvalue weighted by atomic mass is 10.2. The Kier molecular flexibility index (Phi) is 4.88. The van der Waals surface area contributed by atoms with Crippen LogP contribution in [0.15, 0.2) is 41.6 Å². The van der Waals surface area contributed by atoms with E-state index in [1.54, 1.807) is 16.0 Å². The Morgan fingerprint density at radius 3 is 2.74 bits per heavy atom. The summed E-state index contributed by atoms with van der Waals surface area (Å²) in [5.74, 6) is 0.456. The lowest BCUT2D eigenvalue weighted by Crippen LogP contribution is -2.07. The van der Waals surface area contributed by atoms with Crippen LogP contribution in [-0.4, -0.2) is 31.7 Å². The fourth-order valence-corrected chi connectivity index (χ4v) is 3.97. The zero-order valence-corrected chi connectivity index (χ0v) is 14.5. The first-order valence-corrected chi connectivity index (χ1v) is 8.97. The molecule has 0 amide bonds. The van der Waals surface area contributed by atoms with Gasteiger partial charge < -0.3 is 0 Å². The number of carbonyl (C=O) groups excluding carboxylic acids is 1. The molecule has 0 aliphatic rings. The molecule has 0 aliphatic heterocycles. The molecule has 3 rings (SSSR count). The van der Waals surface area contributed by atoms with E-state index in [0.29, 0.717) is 17.5 Å². The number of nitrogens with zero attached hydrogens (tertiary/aromatic N) is 4. The van der Waals surface area contributed by atoms with Crippen LogP contribution in [0.3, 0.4) is 0 Å². The SMILES string of the molecule is Cc1cc(C(=O)CSc2nnnn2Cc2ccccc2)c(C)s1. The standard InChI is InChI=1S/C16H16N4OS2/c1-11-8-14(12(2)23-11)15(21)10-22-16-17-18-19-20(16)9-13-6-4-3-5-7-13/h3-8H,9-10H2,1-2H3. The van der Waals surface area contributed by atoms with Crippen LogP contribution in [0.5, 0.6) is 0 Å². The summed E-state index contributed by atoms with van der Waals surface area (Å²) in [6.07, 6.45) is 0. The van der Waals surface area contributed by atoms with Gasteiger partial charge in [-0.15, -0.1) is 16.4 Å². The van der Waals surface area contributed by atoms with Crippen molar-refractivity contribution in [1.82, 2.24) is 20.2 Å². The van der Waals surface area contributed by atoms with Gasteiger partial charge in [-0.1, -0.05) is 42.1 Å². The summed E-state index contributed by atoms with van der Waals surface area (Å²) >= 11 is 3.03. The van der Waals surface area contributed by atoms with Gasteiger partial charge in [-0.25, -0.2) is 4.68 Å². The van der Waals surface area contributed by atoms with Crippen molar-refractivity contribution in [3.05, 3.63) is 57.3 Å². The summed E-state index contributed by atoms with van der Waals surface area (Å²) in [7, 11) is 0. The Morgan fingerprint density at radius 1 is 1.26 bits per heavy atom. The summed E-state index contributed by atoms with van der Waals surface area (Å²) in [6.45, 7) is 4.60. The maximum atomic E-state index is 12.4. The number of aryl methyl sites for hydroxylation is 2. The smallest absolute Gasteiger partial charge is 0.210 e. The molecule has 5 nitrogen and oxygen atoms in total. The third-order valence-corrected chi connectivity index (χ3v) is 5.27. The molecule has 0 radical (unpaired) electrons. The van der Waals surface area contributed by atoms with Crippen molar-refractivity contribution in [3.63, 3.8) is 0 Å². The molecule has 2 heterocycles. The number of rotatable bonds is 6. The van der Waals surface area contributed by atoms with E-state index in [1.165, 1.54) is 11.8 Å². The first kappa shape index (κ1) is 15.9. The predicted molar refractivity (Wildman–Crippen MR) is 92.2 cm³/mol. The summed E-state index contributed by atoms with van der Waals surface area (Å²) in [6, 6.07) is 11.9. The number of thioether (sulfide) groups is 1. The van der Waals surface area contributed by atoms with Gasteiger partial charge in [0.15, 0.2) is 5.78 Å². The number of carbonyl (C=O) groups is 1. The van der Waals surface area contributed by atoms with E-state index in [-0.39, 0.29) is 5.78 Å². The van der Waals surface area contributed by atoms with Crippen molar-refractivity contribution in [2.75, 3.05) is 5.75 Å². The molecule has 2 aromatic heterocycles. The topological polar surface area (TPSA) is 60.7 Å². The lowest BCUT2D eigenvalue weighted by Gasteiger charge is -2.04. The maximum Gasteiger partial charge on any atom is 0.210 e. The molecule has 0 saturated heterocycles. The van der Waals surface area contributed by atoms with Crippen molar-refractivity contribution in [1.29, 1.82) is 0 Å². The van der Waals surface area contributed by atoms with Crippen LogP contribution in [0.2, 0.25) is 0 Å². The highest BCUT2D eigenvalue weighted by molar-refractivity contribution is 7.99. The largest absolute Gasteiger partial charge is 0.293 e. The molecule has 0 spiro atoms. The highest BCUT2D eigenvalue weighted by Gasteiger charge is 2.15. The predicted octanol–water partition coefficient (Wildman–Crippen LogP) is 3.37. The lowest BCUT2D eigenvalue weighted by molar-refractivity contribution is 0.102. The zero-order valence-electron chi connectivity index (χ0n) is 12.9. The molecular formula is C16H16N4OS2. The van der Waals surface area contributed by atoms with E-state index in [0.717, 1.165) is 20.9 Å². The number of aromatic nitrogens is 4. The summed E-state index contributed by atoms with van der Waals surface area (Å²) in [4.78, 5) is 14.6. The number of thiophene rings is 1. The Hall–Kier alpha value is -1.99. The number of benzene rings is 1. The minimum Gasteiger partial charge on any atom is -0.293 e. The quantitative estimate of drug-likeness (QED) is 0.507. The van der Waals surface area contributed by atoms with E-state index in [2.05, 4.69) is 15.5 Å². The number of hydrogen-bond acceptors (Lipinski definition) is 6. The Balaban J connectivity index is 1.66. The van der Waals surface area contributed by atoms with Crippen LogP contribution < -0.4 is 0 Å². The van der Waals surface area contributed by atoms with Crippen LogP contribution in [0.4, 0.5) is 0 Å². The summed E-state index contributed by atoms with van der Waals surface area (Å²) in [5.41, 5.74) is 1.93. The minimum atomic E-state index is 0.117. The van der Waals surface area contributed by atoms with Gasteiger partial charge in [0.25, 0.3) is 0 Å². The van der Waals surface area contributed by atoms with Crippen LogP contribution in [0, 0.1) is 13.8 Å². The fourth-order valence-electron chi connectivity index (χ4n) is 2.27. The maximum absolute atomic E-state index is 12.4. The number of Topliss-reactive ketones (excluding diaryl/α,β-unsaturated/α-hetero) is 1. The highest BCUT2D eigenvalue weighted by Crippen LogP contribution is 2.23. The molecule has 0 N–H and O–H groups in total. The molecule has 3 aromatic rings. The highest BCUT2D eigenvalue weighted by atomic mass is 32.2. The van der Waals surface area contributed by atoms with Crippen LogP contribution in [-0.2, 0) is 6.54 Å². The van der Waals surface area contributed by atoms with E-state index in [1.807, 2.05) is 50.2 Å². The Bertz CT molecular complexity index is 811. The van der Waals surface area contributed by atoms with Crippen LogP contribution in [0.25, 0.3) is 0 Å². The average molecular weight is 344 g/mol. The average Bonchev–Trinajstić information content (AvgIpc) is 3.12. The number of tetrazole rings is 1. The van der Waals surface area contributed by atoms with Gasteiger partial charge in [0, 0.05) is 15.3 Å². The molecule has 23 heavy (non-hydrogen) atoms. The third-order valence-electron chi connectivity index (χ3n) is 3.35. The van der Waals surface area contributed by atoms with Crippen molar-refractivity contribution in [2.24, 2.45) is 0 Å². The van der Waals surface area contributed by atoms with Gasteiger partial charge in [0.1, 0.15) is 0 Å². The van der Waals surface area contributed by atoms with Gasteiger partial charge in [-0.3, -0.25) is 4.79 Å². The third kappa shape index (κ3) is 3.86. The second-order valence-corrected chi connectivity index (χ2v) is 7.55. The summed E-state index contributed by atoms with van der Waals surface area (Å²) in [5, 5.41) is 12.4. The molecule has 0 saturated carbocycles. The first-order valence-electron chi connectivity index (χ1n) is 7.16. The van der Waals surface area contributed by atoms with Gasteiger partial charge in [-0.05, 0) is 35.9 Å². The van der Waals surface area contributed by atoms with Gasteiger partial charge >= 0.3 is 0 Å². The van der Waals surface area contributed by atoms with Gasteiger partial charge in [0.2, 0.25) is 5.16 Å². The number of hydrogen-bond donors (Lipinski definition) is 0. The molecule has 1 aromatic carbocycles. The van der Waals surface area contributed by atoms with Crippen molar-refractivity contribution < 1.29 is 4.79 Å². The van der Waals surface area contributed by atoms with E-state index in [9.17, 15) is 4.79 Å². The van der Waals surface area contributed by atoms with Crippen molar-refractivity contribution in [2.45, 2.75) is 25.5 Å². The minimum absolute atomic E-state index is 0.117. The molecular weight excluding hydrogens is 328 g/mol. The zero-order chi connectivity index (χ0) is 16.2. The summed E-state index contributed by atoms with van der Waals surface area (Å²) < 4.78 is 1.72. The van der Waals surface area contributed by atoms with Crippen molar-refractivity contribution in [3.8, 4) is 0 Å². The monoisotopic (exact) mass is 344 g/mol. The van der Waals surface area contributed by atoms with Gasteiger partial charge in [0.05, 0.1) is 12.3 Å². The van der Waals surface area contributed by atoms with E-state index < -0.39 is 0 Å². The molecule has 0 unspecified atom stereocenters. The molecule has 0 aliphatic carbocycles. The molecule has 118 valence electrons. The van der Waals surface area contributed by atoms with Crippen LogP contribution >= 0.6 is 23.1 Å². The Labute approximate surface area is 142 Å². The molecule has 7 heteroatoms. The van der Waals surface area contributed by atoms with Crippen molar-refractivity contribution >= 4 is 28.9 Å².